The Morgan fingerprint density at radius 1 is 1.21 bits per heavy atom. The summed E-state index contributed by atoms with van der Waals surface area (Å²) in [6.45, 7) is 0. The van der Waals surface area contributed by atoms with Gasteiger partial charge in [0.05, 0.1) is 16.3 Å². The molecule has 0 saturated heterocycles. The van der Waals surface area contributed by atoms with Crippen LogP contribution in [-0.4, -0.2) is 10.1 Å². The molecule has 0 aliphatic heterocycles. The van der Waals surface area contributed by atoms with E-state index < -0.39 is 0 Å². The maximum absolute atomic E-state index is 6.00. The Morgan fingerprint density at radius 2 is 2.00 bits per heavy atom. The molecule has 1 saturated carbocycles. The van der Waals surface area contributed by atoms with Gasteiger partial charge in [0.1, 0.15) is 0 Å². The minimum absolute atomic E-state index is 0.423. The van der Waals surface area contributed by atoms with E-state index in [1.54, 1.807) is 6.07 Å². The zero-order valence-corrected chi connectivity index (χ0v) is 11.4. The first-order chi connectivity index (χ1) is 9.25. The lowest BCUT2D eigenvalue weighted by Gasteiger charge is -2.17. The number of nitrogens with two attached hydrogens (primary N) is 1. The molecule has 0 atom stereocenters. The van der Waals surface area contributed by atoms with Gasteiger partial charge in [-0.1, -0.05) is 42.1 Å². The lowest BCUT2D eigenvalue weighted by Crippen LogP contribution is -2.06. The van der Waals surface area contributed by atoms with Crippen LogP contribution >= 0.6 is 11.6 Å². The normalized spacial score (nSPS) is 16.7. The third kappa shape index (κ3) is 2.45. The molecule has 100 valence electrons. The third-order valence-electron chi connectivity index (χ3n) is 3.70. The summed E-state index contributed by atoms with van der Waals surface area (Å²) < 4.78 is 5.34. The van der Waals surface area contributed by atoms with Gasteiger partial charge in [-0.05, 0) is 25.0 Å². The van der Waals surface area contributed by atoms with Crippen LogP contribution in [0.15, 0.2) is 22.7 Å². The summed E-state index contributed by atoms with van der Waals surface area (Å²) in [6, 6.07) is 5.43. The molecule has 1 aliphatic rings. The molecule has 0 unspecified atom stereocenters. The lowest BCUT2D eigenvalue weighted by atomic mass is 9.89. The molecule has 0 amide bonds. The highest BCUT2D eigenvalue weighted by molar-refractivity contribution is 6.33. The topological polar surface area (TPSA) is 64.9 Å². The van der Waals surface area contributed by atoms with Crippen molar-refractivity contribution in [1.29, 1.82) is 0 Å². The second-order valence-corrected chi connectivity index (χ2v) is 5.40. The Hall–Kier alpha value is -1.55. The van der Waals surface area contributed by atoms with E-state index in [4.69, 9.17) is 21.9 Å². The van der Waals surface area contributed by atoms with E-state index in [1.807, 2.05) is 12.1 Å². The minimum Gasteiger partial charge on any atom is -0.397 e. The van der Waals surface area contributed by atoms with E-state index in [0.717, 1.165) is 18.7 Å². The van der Waals surface area contributed by atoms with Gasteiger partial charge in [0, 0.05) is 5.92 Å². The van der Waals surface area contributed by atoms with E-state index in [1.165, 1.54) is 19.3 Å². The van der Waals surface area contributed by atoms with Crippen LogP contribution in [0, 0.1) is 0 Å². The zero-order valence-electron chi connectivity index (χ0n) is 10.6. The van der Waals surface area contributed by atoms with E-state index in [-0.39, 0.29) is 0 Å². The summed E-state index contributed by atoms with van der Waals surface area (Å²) in [5.74, 6) is 1.68. The van der Waals surface area contributed by atoms with Crippen molar-refractivity contribution in [3.63, 3.8) is 0 Å². The molecule has 4 nitrogen and oxygen atoms in total. The monoisotopic (exact) mass is 277 g/mol. The van der Waals surface area contributed by atoms with Crippen LogP contribution in [0.1, 0.15) is 43.8 Å². The molecule has 1 fully saturated rings. The fourth-order valence-electron chi connectivity index (χ4n) is 2.59. The van der Waals surface area contributed by atoms with Crippen molar-refractivity contribution in [2.75, 3.05) is 5.73 Å². The molecule has 0 bridgehead atoms. The molecule has 2 N–H and O–H groups in total. The van der Waals surface area contributed by atoms with Gasteiger partial charge in [0.2, 0.25) is 0 Å². The van der Waals surface area contributed by atoms with Crippen LogP contribution in [0.4, 0.5) is 5.69 Å². The van der Waals surface area contributed by atoms with E-state index in [2.05, 4.69) is 10.1 Å². The summed E-state index contributed by atoms with van der Waals surface area (Å²) >= 11 is 6.00. The molecule has 1 aromatic heterocycles. The van der Waals surface area contributed by atoms with Crippen LogP contribution in [0.3, 0.4) is 0 Å². The van der Waals surface area contributed by atoms with Gasteiger partial charge in [-0.2, -0.15) is 4.98 Å². The van der Waals surface area contributed by atoms with Gasteiger partial charge in [-0.25, -0.2) is 0 Å². The van der Waals surface area contributed by atoms with Crippen molar-refractivity contribution >= 4 is 17.3 Å². The quantitative estimate of drug-likeness (QED) is 0.842. The standard InChI is InChI=1S/C14H16ClN3O/c15-11-8-4-7-10(12(11)16)14-17-13(18-19-14)9-5-2-1-3-6-9/h4,7-9H,1-3,5-6,16H2. The van der Waals surface area contributed by atoms with Gasteiger partial charge >= 0.3 is 0 Å². The van der Waals surface area contributed by atoms with Crippen LogP contribution in [0.25, 0.3) is 11.5 Å². The zero-order chi connectivity index (χ0) is 13.2. The smallest absolute Gasteiger partial charge is 0.260 e. The van der Waals surface area contributed by atoms with Crippen molar-refractivity contribution in [1.82, 2.24) is 10.1 Å². The van der Waals surface area contributed by atoms with Crippen LogP contribution in [0.2, 0.25) is 5.02 Å². The molecule has 3 rings (SSSR count). The molecule has 0 spiro atoms. The highest BCUT2D eigenvalue weighted by Crippen LogP contribution is 2.34. The average molecular weight is 278 g/mol. The van der Waals surface area contributed by atoms with Crippen molar-refractivity contribution in [3.05, 3.63) is 29.0 Å². The van der Waals surface area contributed by atoms with Gasteiger partial charge in [0.25, 0.3) is 5.89 Å². The molecular weight excluding hydrogens is 262 g/mol. The highest BCUT2D eigenvalue weighted by Gasteiger charge is 2.22. The molecule has 2 aromatic rings. The molecule has 0 radical (unpaired) electrons. The number of halogens is 1. The number of nitrogens with zero attached hydrogens (tertiary/aromatic N) is 2. The van der Waals surface area contributed by atoms with Crippen molar-refractivity contribution in [2.45, 2.75) is 38.0 Å². The largest absolute Gasteiger partial charge is 0.397 e. The second kappa shape index (κ2) is 5.21. The first kappa shape index (κ1) is 12.5. The Balaban J connectivity index is 1.90. The summed E-state index contributed by atoms with van der Waals surface area (Å²) in [7, 11) is 0. The van der Waals surface area contributed by atoms with E-state index in [0.29, 0.717) is 28.1 Å². The maximum atomic E-state index is 6.00. The van der Waals surface area contributed by atoms with E-state index in [9.17, 15) is 0 Å². The van der Waals surface area contributed by atoms with Crippen LogP contribution in [-0.2, 0) is 0 Å². The second-order valence-electron chi connectivity index (χ2n) is 4.99. The van der Waals surface area contributed by atoms with Crippen LogP contribution < -0.4 is 5.73 Å². The van der Waals surface area contributed by atoms with Gasteiger partial charge in [-0.15, -0.1) is 0 Å². The molecule has 1 aliphatic carbocycles. The van der Waals surface area contributed by atoms with Crippen molar-refractivity contribution in [2.24, 2.45) is 0 Å². The lowest BCUT2D eigenvalue weighted by molar-refractivity contribution is 0.385. The van der Waals surface area contributed by atoms with E-state index >= 15 is 0 Å². The first-order valence-electron chi connectivity index (χ1n) is 6.63. The number of rotatable bonds is 2. The molecule has 5 heteroatoms. The summed E-state index contributed by atoms with van der Waals surface area (Å²) in [5.41, 5.74) is 7.14. The summed E-state index contributed by atoms with van der Waals surface area (Å²) in [4.78, 5) is 4.49. The maximum Gasteiger partial charge on any atom is 0.260 e. The summed E-state index contributed by atoms with van der Waals surface area (Å²) in [6.07, 6.45) is 6.08. The number of nitrogen functional groups attached to an aromatic ring is 1. The Morgan fingerprint density at radius 3 is 2.79 bits per heavy atom. The summed E-state index contributed by atoms with van der Waals surface area (Å²) in [5, 5.41) is 4.61. The first-order valence-corrected chi connectivity index (χ1v) is 7.01. The van der Waals surface area contributed by atoms with Crippen molar-refractivity contribution < 1.29 is 4.52 Å². The number of hydrogen-bond donors (Lipinski definition) is 1. The fourth-order valence-corrected chi connectivity index (χ4v) is 2.77. The number of benzene rings is 1. The van der Waals surface area contributed by atoms with Gasteiger partial charge in [-0.3, -0.25) is 0 Å². The number of anilines is 1. The Bertz CT molecular complexity index is 576. The molecular formula is C14H16ClN3O. The number of aromatic nitrogens is 2. The minimum atomic E-state index is 0.423. The Kier molecular flexibility index (Phi) is 3.42. The molecule has 1 heterocycles. The highest BCUT2D eigenvalue weighted by atomic mass is 35.5. The fraction of sp³-hybridized carbons (Fsp3) is 0.429. The van der Waals surface area contributed by atoms with Gasteiger partial charge < -0.3 is 10.3 Å². The Labute approximate surface area is 117 Å². The van der Waals surface area contributed by atoms with Crippen LogP contribution in [0.5, 0.6) is 0 Å². The van der Waals surface area contributed by atoms with Crippen molar-refractivity contribution in [3.8, 4) is 11.5 Å². The number of hydrogen-bond acceptors (Lipinski definition) is 4. The average Bonchev–Trinajstić information content (AvgIpc) is 2.92. The third-order valence-corrected chi connectivity index (χ3v) is 4.02. The predicted octanol–water partition coefficient (Wildman–Crippen LogP) is 4.02. The predicted molar refractivity (Wildman–Crippen MR) is 75.0 cm³/mol. The molecule has 1 aromatic carbocycles. The van der Waals surface area contributed by atoms with Gasteiger partial charge in [0.15, 0.2) is 5.82 Å². The SMILES string of the molecule is Nc1c(Cl)cccc1-c1nc(C2CCCCC2)no1. The number of para-hydroxylation sites is 1. The molecule has 19 heavy (non-hydrogen) atoms.